The number of nitriles is 1. The van der Waals surface area contributed by atoms with E-state index in [-0.39, 0.29) is 64.5 Å². The van der Waals surface area contributed by atoms with Crippen LogP contribution >= 0.6 is 23.2 Å². The number of carbonyl (C=O) groups is 1. The fraction of sp³-hybridized carbons (Fsp3) is 0.405. The van der Waals surface area contributed by atoms with E-state index in [1.807, 2.05) is 24.0 Å². The van der Waals surface area contributed by atoms with Gasteiger partial charge in [0, 0.05) is 77.4 Å². The van der Waals surface area contributed by atoms with Crippen LogP contribution in [0.25, 0.3) is 32.9 Å². The number of benzene rings is 3. The number of aryl methyl sites for hydroxylation is 2. The van der Waals surface area contributed by atoms with Crippen molar-refractivity contribution in [3.05, 3.63) is 93.0 Å². The fourth-order valence-electron chi connectivity index (χ4n) is 9.19. The van der Waals surface area contributed by atoms with E-state index in [0.717, 1.165) is 48.0 Å². The predicted octanol–water partition coefficient (Wildman–Crippen LogP) is 8.27. The molecule has 2 aromatic heterocycles. The minimum Gasteiger partial charge on any atom is -0.372 e. The molecule has 55 heavy (non-hydrogen) atoms. The second kappa shape index (κ2) is 13.9. The minimum atomic E-state index is -3.38. The van der Waals surface area contributed by atoms with Crippen LogP contribution in [-0.4, -0.2) is 60.3 Å². The Hall–Kier alpha value is -4.05. The van der Waals surface area contributed by atoms with Gasteiger partial charge in [-0.1, -0.05) is 47.5 Å². The van der Waals surface area contributed by atoms with Gasteiger partial charge in [0.1, 0.15) is 5.52 Å². The highest BCUT2D eigenvalue weighted by molar-refractivity contribution is 7.90. The summed E-state index contributed by atoms with van der Waals surface area (Å²) < 4.78 is 50.5. The van der Waals surface area contributed by atoms with Crippen molar-refractivity contribution in [1.82, 2.24) is 19.8 Å². The van der Waals surface area contributed by atoms with Crippen molar-refractivity contribution in [3.8, 4) is 17.2 Å². The van der Waals surface area contributed by atoms with Crippen LogP contribution in [0.15, 0.2) is 59.5 Å². The molecule has 10 rings (SSSR count). The first-order valence-electron chi connectivity index (χ1n) is 18.8. The van der Waals surface area contributed by atoms with E-state index >= 15 is 4.39 Å². The number of hydrogen-bond donors (Lipinski definition) is 1. The van der Waals surface area contributed by atoms with E-state index in [9.17, 15) is 18.5 Å². The standard InChI is InChI=1S/C42H40Cl2FN5O4S/c1-22-30-18-35(34-17-27(20-49(34)42(51)24-11-12-24)54-21-23-6-3-8-28(14-23)55(2,52)53)50(40-26-16-33(40)47-19-26)41(30)31-15-25(7-5-13-46)36(38(45)39(31)48-22)29-9-4-10-32(43)37(29)44/h3-4,6,8-10,14-15,18,24,26-27,33-34,40,47H,5,7,11-12,16-17,19-21H2,1-2H3. The lowest BCUT2D eigenvalue weighted by atomic mass is 9.79. The molecule has 3 saturated heterocycles. The van der Waals surface area contributed by atoms with Crippen LogP contribution in [0.1, 0.15) is 66.7 Å². The van der Waals surface area contributed by atoms with Crippen LogP contribution in [0.5, 0.6) is 0 Å². The van der Waals surface area contributed by atoms with Gasteiger partial charge < -0.3 is 19.5 Å². The van der Waals surface area contributed by atoms with E-state index in [1.54, 1.807) is 36.4 Å². The number of amides is 1. The number of aromatic nitrogens is 2. The largest absolute Gasteiger partial charge is 0.372 e. The van der Waals surface area contributed by atoms with Crippen LogP contribution in [0.4, 0.5) is 4.39 Å². The van der Waals surface area contributed by atoms with Gasteiger partial charge in [-0.3, -0.25) is 4.79 Å². The van der Waals surface area contributed by atoms with Gasteiger partial charge in [-0.15, -0.1) is 0 Å². The molecule has 0 radical (unpaired) electrons. The zero-order valence-electron chi connectivity index (χ0n) is 30.5. The molecule has 5 unspecified atom stereocenters. The number of ether oxygens (including phenoxy) is 1. The Labute approximate surface area is 329 Å². The Morgan fingerprint density at radius 1 is 1.11 bits per heavy atom. The third-order valence-corrected chi connectivity index (χ3v) is 14.0. The maximum absolute atomic E-state index is 17.2. The highest BCUT2D eigenvalue weighted by Crippen LogP contribution is 2.51. The van der Waals surface area contributed by atoms with Gasteiger partial charge in [0.2, 0.25) is 5.91 Å². The molecule has 13 heteroatoms. The molecule has 2 saturated carbocycles. The molecular formula is C42H40Cl2FN5O4S. The van der Waals surface area contributed by atoms with E-state index in [0.29, 0.717) is 58.1 Å². The summed E-state index contributed by atoms with van der Waals surface area (Å²) in [4.78, 5) is 21.2. The number of rotatable bonds is 10. The van der Waals surface area contributed by atoms with Gasteiger partial charge in [-0.05, 0) is 80.0 Å². The summed E-state index contributed by atoms with van der Waals surface area (Å²) in [6, 6.07) is 18.3. The Kier molecular flexibility index (Phi) is 9.21. The summed E-state index contributed by atoms with van der Waals surface area (Å²) in [6.45, 7) is 3.40. The smallest absolute Gasteiger partial charge is 0.226 e. The van der Waals surface area contributed by atoms with E-state index in [1.165, 1.54) is 6.26 Å². The zero-order chi connectivity index (χ0) is 38.3. The predicted molar refractivity (Wildman–Crippen MR) is 210 cm³/mol. The SMILES string of the molecule is Cc1nc2c(F)c(-c3cccc(Cl)c3Cl)c(CCC#N)cc2c2c1cc(C1CC(OCc3cccc(S(C)(=O)=O)c3)CN1C(=O)C1CC1)n2C1C2CNC1C2. The number of likely N-dealkylation sites (tertiary alicyclic amines) is 1. The zero-order valence-corrected chi connectivity index (χ0v) is 32.8. The lowest BCUT2D eigenvalue weighted by molar-refractivity contribution is -0.134. The number of nitrogens with zero attached hydrogens (tertiary/aromatic N) is 4. The molecule has 2 aliphatic carbocycles. The molecule has 5 aliphatic rings. The number of pyridine rings is 1. The van der Waals surface area contributed by atoms with Crippen LogP contribution in [-0.2, 0) is 32.4 Å². The van der Waals surface area contributed by atoms with Crippen LogP contribution in [0.2, 0.25) is 10.0 Å². The van der Waals surface area contributed by atoms with Crippen molar-refractivity contribution in [2.75, 3.05) is 19.3 Å². The molecule has 2 bridgehead atoms. The second-order valence-corrected chi connectivity index (χ2v) is 18.5. The van der Waals surface area contributed by atoms with Gasteiger partial charge in [-0.2, -0.15) is 5.26 Å². The maximum atomic E-state index is 17.2. The highest BCUT2D eigenvalue weighted by atomic mass is 35.5. The van der Waals surface area contributed by atoms with Gasteiger partial charge in [0.05, 0.1) is 51.3 Å². The minimum absolute atomic E-state index is 0.00942. The number of nitrogens with one attached hydrogen (secondary N) is 1. The Balaban J connectivity index is 1.20. The third kappa shape index (κ3) is 6.31. The van der Waals surface area contributed by atoms with Gasteiger partial charge in [0.15, 0.2) is 15.7 Å². The number of halogens is 3. The topological polar surface area (TPSA) is 117 Å². The first-order valence-corrected chi connectivity index (χ1v) is 21.5. The summed E-state index contributed by atoms with van der Waals surface area (Å²) in [7, 11) is -3.38. The van der Waals surface area contributed by atoms with E-state index in [2.05, 4.69) is 22.0 Å². The lowest BCUT2D eigenvalue weighted by Crippen LogP contribution is -2.41. The van der Waals surface area contributed by atoms with Crippen molar-refractivity contribution in [1.29, 1.82) is 5.26 Å². The molecule has 5 heterocycles. The molecule has 5 aromatic rings. The number of carbonyl (C=O) groups excluding carboxylic acids is 1. The molecule has 3 aliphatic heterocycles. The average molecular weight is 801 g/mol. The summed E-state index contributed by atoms with van der Waals surface area (Å²) in [5.74, 6) is -0.0269. The van der Waals surface area contributed by atoms with Crippen molar-refractivity contribution in [3.63, 3.8) is 0 Å². The van der Waals surface area contributed by atoms with Crippen LogP contribution < -0.4 is 5.32 Å². The van der Waals surface area contributed by atoms with Crippen molar-refractivity contribution < 1.29 is 22.3 Å². The third-order valence-electron chi connectivity index (χ3n) is 12.1. The number of fused-ring (bicyclic) bond motifs is 4. The molecule has 1 N–H and O–H groups in total. The Morgan fingerprint density at radius 2 is 1.91 bits per heavy atom. The van der Waals surface area contributed by atoms with Gasteiger partial charge in [-0.25, -0.2) is 17.8 Å². The molecule has 1 amide bonds. The van der Waals surface area contributed by atoms with Gasteiger partial charge in [0.25, 0.3) is 0 Å². The molecular weight excluding hydrogens is 760 g/mol. The Bertz CT molecular complexity index is 2550. The van der Waals surface area contributed by atoms with Crippen molar-refractivity contribution >= 4 is 60.8 Å². The summed E-state index contributed by atoms with van der Waals surface area (Å²) >= 11 is 13.1. The summed E-state index contributed by atoms with van der Waals surface area (Å²) in [5, 5.41) is 15.4. The first kappa shape index (κ1) is 36.6. The number of hydrogen-bond acceptors (Lipinski definition) is 7. The normalized spacial score (nSPS) is 23.4. The lowest BCUT2D eigenvalue weighted by Gasteiger charge is -2.39. The quantitative estimate of drug-likeness (QED) is 0.151. The molecule has 9 nitrogen and oxygen atoms in total. The molecule has 5 atom stereocenters. The number of sulfone groups is 1. The van der Waals surface area contributed by atoms with E-state index < -0.39 is 15.7 Å². The van der Waals surface area contributed by atoms with Crippen molar-refractivity contribution in [2.45, 2.75) is 81.2 Å². The molecule has 3 aromatic carbocycles. The Morgan fingerprint density at radius 3 is 2.62 bits per heavy atom. The molecule has 5 fully saturated rings. The van der Waals surface area contributed by atoms with Crippen molar-refractivity contribution in [2.24, 2.45) is 11.8 Å². The average Bonchev–Trinajstić information content (AvgIpc) is 3.45. The van der Waals surface area contributed by atoms with E-state index in [4.69, 9.17) is 32.9 Å². The molecule has 0 spiro atoms. The monoisotopic (exact) mass is 799 g/mol. The van der Waals surface area contributed by atoms with Crippen LogP contribution in [0, 0.1) is 35.9 Å². The molecule has 284 valence electrons. The fourth-order valence-corrected chi connectivity index (χ4v) is 10.3. The second-order valence-electron chi connectivity index (χ2n) is 15.6. The summed E-state index contributed by atoms with van der Waals surface area (Å²) in [6.07, 6.45) is 4.72. The maximum Gasteiger partial charge on any atom is 0.226 e. The van der Waals surface area contributed by atoms with Crippen LogP contribution in [0.3, 0.4) is 0 Å². The first-order chi connectivity index (χ1) is 26.4. The summed E-state index contributed by atoms with van der Waals surface area (Å²) in [5.41, 5.74) is 4.89. The van der Waals surface area contributed by atoms with Gasteiger partial charge >= 0.3 is 0 Å². The highest BCUT2D eigenvalue weighted by Gasteiger charge is 2.51.